The lowest BCUT2D eigenvalue weighted by Crippen LogP contribution is -2.00. The minimum atomic E-state index is -0.290. The van der Waals surface area contributed by atoms with Crippen LogP contribution in [0.15, 0.2) is 47.1 Å². The smallest absolute Gasteiger partial charge is 0.322 e. The van der Waals surface area contributed by atoms with Crippen molar-refractivity contribution in [2.45, 2.75) is 6.42 Å². The summed E-state index contributed by atoms with van der Waals surface area (Å²) in [5.41, 5.74) is 7.68. The van der Waals surface area contributed by atoms with Gasteiger partial charge in [-0.25, -0.2) is 9.37 Å². The van der Waals surface area contributed by atoms with Gasteiger partial charge in [-0.2, -0.15) is 4.98 Å². The molecule has 0 saturated heterocycles. The number of rotatable bonds is 4. The largest absolute Gasteiger partial charge is 0.421 e. The highest BCUT2D eigenvalue weighted by atomic mass is 79.9. The fourth-order valence-electron chi connectivity index (χ4n) is 2.12. The van der Waals surface area contributed by atoms with Crippen LogP contribution in [0.1, 0.15) is 11.3 Å². The van der Waals surface area contributed by atoms with Gasteiger partial charge in [0.25, 0.3) is 0 Å². The van der Waals surface area contributed by atoms with E-state index in [9.17, 15) is 4.39 Å². The van der Waals surface area contributed by atoms with Crippen molar-refractivity contribution in [1.29, 1.82) is 0 Å². The Morgan fingerprint density at radius 2 is 1.76 bits per heavy atom. The normalized spacial score (nSPS) is 10.7. The third kappa shape index (κ3) is 4.39. The third-order valence-electron chi connectivity index (χ3n) is 3.29. The number of anilines is 1. The molecule has 0 unspecified atom stereocenters. The van der Waals surface area contributed by atoms with Gasteiger partial charge in [0.05, 0.1) is 20.2 Å². The molecule has 1 aromatic heterocycles. The zero-order valence-corrected chi connectivity index (χ0v) is 15.7. The molecule has 2 aromatic carbocycles. The maximum atomic E-state index is 13.0. The van der Waals surface area contributed by atoms with E-state index in [2.05, 4.69) is 25.9 Å². The Morgan fingerprint density at radius 3 is 2.40 bits per heavy atom. The van der Waals surface area contributed by atoms with Gasteiger partial charge >= 0.3 is 6.01 Å². The average molecular weight is 443 g/mol. The summed E-state index contributed by atoms with van der Waals surface area (Å²) >= 11 is 15.6. The number of aromatic nitrogens is 2. The molecule has 3 rings (SSSR count). The summed E-state index contributed by atoms with van der Waals surface area (Å²) < 4.78 is 19.4. The molecule has 0 atom stereocenters. The van der Waals surface area contributed by atoms with Crippen LogP contribution in [0.5, 0.6) is 11.8 Å². The van der Waals surface area contributed by atoms with Gasteiger partial charge in [0, 0.05) is 18.3 Å². The van der Waals surface area contributed by atoms with E-state index in [1.807, 2.05) is 0 Å². The summed E-state index contributed by atoms with van der Waals surface area (Å²) in [6.45, 7) is 0. The maximum Gasteiger partial charge on any atom is 0.322 e. The SMILES string of the molecule is Nc1cc(Cl)c(Oc2ncc(Br)c(Cc3ccc(F)cc3)n2)c(Cl)c1. The first-order valence-electron chi connectivity index (χ1n) is 7.10. The van der Waals surface area contributed by atoms with Gasteiger partial charge in [-0.15, -0.1) is 0 Å². The fraction of sp³-hybridized carbons (Fsp3) is 0.0588. The number of nitrogen functional groups attached to an aromatic ring is 1. The Hall–Kier alpha value is -1.89. The minimum Gasteiger partial charge on any atom is -0.421 e. The standard InChI is InChI=1S/C17H11BrCl2FN3O/c18-12-8-23-17(25-16-13(19)6-11(22)7-14(16)20)24-15(12)5-9-1-3-10(21)4-2-9/h1-4,6-8H,5,22H2. The highest BCUT2D eigenvalue weighted by molar-refractivity contribution is 9.10. The molecule has 0 aliphatic carbocycles. The molecule has 0 amide bonds. The van der Waals surface area contributed by atoms with E-state index < -0.39 is 0 Å². The fourth-order valence-corrected chi connectivity index (χ4v) is 3.03. The zero-order valence-electron chi connectivity index (χ0n) is 12.6. The molecule has 128 valence electrons. The highest BCUT2D eigenvalue weighted by Gasteiger charge is 2.13. The molecule has 0 aliphatic rings. The van der Waals surface area contributed by atoms with E-state index in [4.69, 9.17) is 33.7 Å². The Bertz CT molecular complexity index is 899. The second-order valence-corrected chi connectivity index (χ2v) is 6.83. The minimum absolute atomic E-state index is 0.0916. The maximum absolute atomic E-state index is 13.0. The van der Waals surface area contributed by atoms with Gasteiger partial charge in [0.2, 0.25) is 0 Å². The van der Waals surface area contributed by atoms with E-state index in [0.29, 0.717) is 22.3 Å². The molecule has 0 aliphatic heterocycles. The van der Waals surface area contributed by atoms with E-state index in [-0.39, 0.29) is 27.6 Å². The van der Waals surface area contributed by atoms with Crippen LogP contribution < -0.4 is 10.5 Å². The molecule has 25 heavy (non-hydrogen) atoms. The summed E-state index contributed by atoms with van der Waals surface area (Å²) in [6.07, 6.45) is 2.04. The lowest BCUT2D eigenvalue weighted by molar-refractivity contribution is 0.440. The summed E-state index contributed by atoms with van der Waals surface area (Å²) in [5, 5.41) is 0.521. The van der Waals surface area contributed by atoms with Gasteiger partial charge in [0.15, 0.2) is 5.75 Å². The summed E-state index contributed by atoms with van der Waals surface area (Å²) in [6, 6.07) is 9.33. The average Bonchev–Trinajstić information content (AvgIpc) is 2.56. The van der Waals surface area contributed by atoms with E-state index in [1.165, 1.54) is 24.3 Å². The molecule has 1 heterocycles. The number of nitrogens with two attached hydrogens (primary N) is 1. The van der Waals surface area contributed by atoms with Crippen LogP contribution in [-0.4, -0.2) is 9.97 Å². The van der Waals surface area contributed by atoms with Gasteiger partial charge in [-0.05, 0) is 45.8 Å². The van der Waals surface area contributed by atoms with Crippen molar-refractivity contribution in [3.63, 3.8) is 0 Å². The number of ether oxygens (including phenoxy) is 1. The summed E-state index contributed by atoms with van der Waals surface area (Å²) in [5.74, 6) is -0.0604. The van der Waals surface area contributed by atoms with Gasteiger partial charge < -0.3 is 10.5 Å². The van der Waals surface area contributed by atoms with Crippen LogP contribution in [0.25, 0.3) is 0 Å². The Labute approximate surface area is 161 Å². The Morgan fingerprint density at radius 1 is 1.12 bits per heavy atom. The third-order valence-corrected chi connectivity index (χ3v) is 4.52. The summed E-state index contributed by atoms with van der Waals surface area (Å²) in [7, 11) is 0. The number of halogens is 4. The molecule has 3 aromatic rings. The molecule has 0 fully saturated rings. The zero-order chi connectivity index (χ0) is 18.0. The van der Waals surface area contributed by atoms with Gasteiger partial charge in [-0.1, -0.05) is 35.3 Å². The molecular weight excluding hydrogens is 432 g/mol. The monoisotopic (exact) mass is 441 g/mol. The van der Waals surface area contributed by atoms with Crippen molar-refractivity contribution in [2.75, 3.05) is 5.73 Å². The number of nitrogens with zero attached hydrogens (tertiary/aromatic N) is 2. The number of benzene rings is 2. The molecule has 4 nitrogen and oxygen atoms in total. The Kier molecular flexibility index (Phi) is 5.42. The number of hydrogen-bond donors (Lipinski definition) is 1. The second-order valence-electron chi connectivity index (χ2n) is 5.17. The van der Waals surface area contributed by atoms with Crippen molar-refractivity contribution in [2.24, 2.45) is 0 Å². The first-order chi connectivity index (χ1) is 11.9. The van der Waals surface area contributed by atoms with Crippen LogP contribution in [0.2, 0.25) is 10.0 Å². The molecular formula is C17H11BrCl2FN3O. The predicted molar refractivity (Wildman–Crippen MR) is 99.9 cm³/mol. The topological polar surface area (TPSA) is 61.0 Å². The second kappa shape index (κ2) is 7.56. The molecule has 8 heteroatoms. The van der Waals surface area contributed by atoms with Gasteiger partial charge in [0.1, 0.15) is 5.82 Å². The first kappa shape index (κ1) is 17.9. The van der Waals surface area contributed by atoms with E-state index in [1.54, 1.807) is 18.3 Å². The lowest BCUT2D eigenvalue weighted by atomic mass is 10.1. The molecule has 2 N–H and O–H groups in total. The molecule has 0 saturated carbocycles. The van der Waals surface area contributed by atoms with Crippen molar-refractivity contribution in [3.05, 3.63) is 74.2 Å². The van der Waals surface area contributed by atoms with Gasteiger partial charge in [-0.3, -0.25) is 0 Å². The first-order valence-corrected chi connectivity index (χ1v) is 8.65. The van der Waals surface area contributed by atoms with Crippen molar-refractivity contribution in [1.82, 2.24) is 9.97 Å². The van der Waals surface area contributed by atoms with E-state index in [0.717, 1.165) is 5.56 Å². The van der Waals surface area contributed by atoms with Crippen LogP contribution in [0.4, 0.5) is 10.1 Å². The van der Waals surface area contributed by atoms with Crippen LogP contribution in [-0.2, 0) is 6.42 Å². The van der Waals surface area contributed by atoms with Crippen molar-refractivity contribution in [3.8, 4) is 11.8 Å². The Balaban J connectivity index is 1.88. The van der Waals surface area contributed by atoms with Crippen LogP contribution in [0, 0.1) is 5.82 Å². The van der Waals surface area contributed by atoms with Crippen LogP contribution in [0.3, 0.4) is 0 Å². The quantitative estimate of drug-likeness (QED) is 0.530. The van der Waals surface area contributed by atoms with Crippen molar-refractivity contribution >= 4 is 44.8 Å². The van der Waals surface area contributed by atoms with Crippen molar-refractivity contribution < 1.29 is 9.13 Å². The predicted octanol–water partition coefficient (Wildman–Crippen LogP) is 5.65. The number of hydrogen-bond acceptors (Lipinski definition) is 4. The molecule has 0 spiro atoms. The lowest BCUT2D eigenvalue weighted by Gasteiger charge is -2.10. The molecule has 0 bridgehead atoms. The summed E-state index contributed by atoms with van der Waals surface area (Å²) in [4.78, 5) is 8.47. The van der Waals surface area contributed by atoms with Crippen LogP contribution >= 0.6 is 39.1 Å². The highest BCUT2D eigenvalue weighted by Crippen LogP contribution is 2.37. The molecule has 0 radical (unpaired) electrons. The van der Waals surface area contributed by atoms with E-state index >= 15 is 0 Å².